The van der Waals surface area contributed by atoms with Crippen molar-refractivity contribution in [2.24, 2.45) is 0 Å². The Bertz CT molecular complexity index is 579. The number of nitrogens with one attached hydrogen (secondary N) is 1. The molecule has 1 radical (unpaired) electrons. The molecule has 1 aromatic carbocycles. The number of halogens is 1. The molecule has 1 rings (SSSR count). The Kier molecular flexibility index (Phi) is 7.22. The zero-order valence-corrected chi connectivity index (χ0v) is 13.4. The molecule has 0 heterocycles. The molecule has 0 fully saturated rings. The maximum Gasteiger partial charge on any atom is 0.296 e. The molecule has 8 nitrogen and oxygen atoms in total. The number of nitrogens with zero attached hydrogens (tertiary/aromatic N) is 1. The predicted molar refractivity (Wildman–Crippen MR) is 69.3 cm³/mol. The molecule has 0 unspecified atom stereocenters. The van der Waals surface area contributed by atoms with Crippen LogP contribution in [0.1, 0.15) is 0 Å². The average Bonchev–Trinajstić information content (AvgIpc) is 2.23. The minimum atomic E-state index is -4.64. The molecule has 19 heavy (non-hydrogen) atoms. The van der Waals surface area contributed by atoms with E-state index in [2.05, 4.69) is 5.32 Å². The van der Waals surface area contributed by atoms with E-state index in [1.165, 1.54) is 0 Å². The quantitative estimate of drug-likeness (QED) is 0.312. The molecule has 0 amide bonds. The summed E-state index contributed by atoms with van der Waals surface area (Å²) in [6.45, 7) is -0.239. The van der Waals surface area contributed by atoms with Crippen molar-refractivity contribution in [1.82, 2.24) is 0 Å². The molecule has 0 aliphatic carbocycles. The molecule has 0 atom stereocenters. The number of anilines is 1. The number of hydrogen-bond acceptors (Lipinski definition) is 6. The minimum Gasteiger partial charge on any atom is -0.395 e. The summed E-state index contributed by atoms with van der Waals surface area (Å²) in [6, 6.07) is 1.65. The maximum atomic E-state index is 10.9. The first-order chi connectivity index (χ1) is 8.27. The molecule has 0 aromatic heterocycles. The van der Waals surface area contributed by atoms with E-state index in [1.807, 2.05) is 0 Å². The second-order valence-corrected chi connectivity index (χ2v) is 4.98. The third kappa shape index (κ3) is 4.88. The van der Waals surface area contributed by atoms with Crippen LogP contribution in [-0.2, 0) is 10.1 Å². The summed E-state index contributed by atoms with van der Waals surface area (Å²) < 4.78 is 30.7. The van der Waals surface area contributed by atoms with Gasteiger partial charge in [-0.1, -0.05) is 11.6 Å². The molecular weight excluding hydrogens is 311 g/mol. The Hall–Kier alpha value is -0.420. The van der Waals surface area contributed by atoms with Gasteiger partial charge in [-0.25, -0.2) is 0 Å². The summed E-state index contributed by atoms with van der Waals surface area (Å²) in [4.78, 5) is 9.19. The summed E-state index contributed by atoms with van der Waals surface area (Å²) in [5.41, 5.74) is -0.619. The van der Waals surface area contributed by atoms with Gasteiger partial charge in [-0.3, -0.25) is 14.7 Å². The first kappa shape index (κ1) is 18.6. The van der Waals surface area contributed by atoms with Gasteiger partial charge in [0, 0.05) is 42.2 Å². The van der Waals surface area contributed by atoms with Gasteiger partial charge in [0.15, 0.2) is 0 Å². The number of nitro benzene ring substituents is 1. The number of nitro groups is 1. The zero-order chi connectivity index (χ0) is 13.9. The molecule has 101 valence electrons. The second-order valence-electron chi connectivity index (χ2n) is 3.18. The monoisotopic (exact) mass is 319 g/mol. The van der Waals surface area contributed by atoms with Gasteiger partial charge >= 0.3 is 0 Å². The van der Waals surface area contributed by atoms with Gasteiger partial charge in [-0.2, -0.15) is 8.42 Å². The Morgan fingerprint density at radius 2 is 2.00 bits per heavy atom. The van der Waals surface area contributed by atoms with E-state index in [-0.39, 0.29) is 53.4 Å². The fraction of sp³-hybridized carbons (Fsp3) is 0.250. The van der Waals surface area contributed by atoms with Gasteiger partial charge in [-0.15, -0.1) is 0 Å². The first-order valence-corrected chi connectivity index (χ1v) is 6.39. The average molecular weight is 320 g/mol. The third-order valence-corrected chi connectivity index (χ3v) is 3.27. The normalized spacial score (nSPS) is 10.7. The maximum absolute atomic E-state index is 10.9. The molecule has 0 bridgehead atoms. The third-order valence-electron chi connectivity index (χ3n) is 1.95. The van der Waals surface area contributed by atoms with Crippen molar-refractivity contribution < 1.29 is 23.0 Å². The Balaban J connectivity index is 0.00000324. The van der Waals surface area contributed by atoms with Crippen molar-refractivity contribution in [2.75, 3.05) is 18.5 Å². The number of benzene rings is 1. The van der Waals surface area contributed by atoms with Crippen molar-refractivity contribution in [3.05, 3.63) is 27.3 Å². The van der Waals surface area contributed by atoms with Crippen LogP contribution in [0.4, 0.5) is 11.4 Å². The van der Waals surface area contributed by atoms with Gasteiger partial charge in [0.1, 0.15) is 10.6 Å². The SMILES string of the molecule is O=[N+]([O-])c1cc(S(=O)(=O)O)c(Cl)cc1NCCO.[Na]. The van der Waals surface area contributed by atoms with Crippen LogP contribution in [0.2, 0.25) is 5.02 Å². The van der Waals surface area contributed by atoms with Crippen LogP contribution in [0.3, 0.4) is 0 Å². The number of rotatable bonds is 5. The molecule has 0 spiro atoms. The number of aliphatic hydroxyl groups excluding tert-OH is 1. The van der Waals surface area contributed by atoms with E-state index in [0.717, 1.165) is 6.07 Å². The zero-order valence-electron chi connectivity index (χ0n) is 9.83. The second kappa shape index (κ2) is 7.39. The molecule has 11 heteroatoms. The fourth-order valence-corrected chi connectivity index (χ4v) is 2.25. The van der Waals surface area contributed by atoms with E-state index in [4.69, 9.17) is 21.3 Å². The molecule has 0 saturated carbocycles. The molecular formula is C8H9ClN2NaO6S. The van der Waals surface area contributed by atoms with Crippen LogP contribution in [0.5, 0.6) is 0 Å². The minimum absolute atomic E-state index is 0. The summed E-state index contributed by atoms with van der Waals surface area (Å²) in [5.74, 6) is 0. The van der Waals surface area contributed by atoms with Crippen LogP contribution in [0, 0.1) is 10.1 Å². The van der Waals surface area contributed by atoms with E-state index < -0.39 is 25.6 Å². The number of hydrogen-bond donors (Lipinski definition) is 3. The summed E-state index contributed by atoms with van der Waals surface area (Å²) in [6.07, 6.45) is 0. The van der Waals surface area contributed by atoms with Gasteiger partial charge in [0.25, 0.3) is 15.8 Å². The van der Waals surface area contributed by atoms with E-state index >= 15 is 0 Å². The van der Waals surface area contributed by atoms with Crippen LogP contribution >= 0.6 is 11.6 Å². The first-order valence-electron chi connectivity index (χ1n) is 4.57. The Labute approximate surface area is 136 Å². The summed E-state index contributed by atoms with van der Waals surface area (Å²) in [7, 11) is -4.64. The Morgan fingerprint density at radius 1 is 1.42 bits per heavy atom. The predicted octanol–water partition coefficient (Wildman–Crippen LogP) is 0.518. The van der Waals surface area contributed by atoms with Crippen molar-refractivity contribution in [3.8, 4) is 0 Å². The molecule has 0 saturated heterocycles. The van der Waals surface area contributed by atoms with Crippen LogP contribution in [0.15, 0.2) is 17.0 Å². The van der Waals surface area contributed by atoms with Crippen molar-refractivity contribution in [1.29, 1.82) is 0 Å². The van der Waals surface area contributed by atoms with Gasteiger partial charge in [0.05, 0.1) is 16.6 Å². The van der Waals surface area contributed by atoms with E-state index in [1.54, 1.807) is 0 Å². The van der Waals surface area contributed by atoms with Gasteiger partial charge in [-0.05, 0) is 6.07 Å². The van der Waals surface area contributed by atoms with Crippen molar-refractivity contribution in [3.63, 3.8) is 0 Å². The van der Waals surface area contributed by atoms with Crippen LogP contribution in [-0.4, -0.2) is 65.7 Å². The topological polar surface area (TPSA) is 130 Å². The van der Waals surface area contributed by atoms with Crippen molar-refractivity contribution >= 4 is 62.7 Å². The number of aliphatic hydroxyl groups is 1. The van der Waals surface area contributed by atoms with Crippen LogP contribution < -0.4 is 5.32 Å². The largest absolute Gasteiger partial charge is 0.395 e. The molecule has 0 aliphatic rings. The van der Waals surface area contributed by atoms with Crippen molar-refractivity contribution in [2.45, 2.75) is 4.90 Å². The summed E-state index contributed by atoms with van der Waals surface area (Å²) >= 11 is 5.61. The van der Waals surface area contributed by atoms with Gasteiger partial charge in [0.2, 0.25) is 0 Å². The smallest absolute Gasteiger partial charge is 0.296 e. The molecule has 1 aromatic rings. The molecule has 0 aliphatic heterocycles. The van der Waals surface area contributed by atoms with E-state index in [0.29, 0.717) is 6.07 Å². The van der Waals surface area contributed by atoms with Crippen LogP contribution in [0.25, 0.3) is 0 Å². The summed E-state index contributed by atoms with van der Waals surface area (Å²) in [5, 5.41) is 21.5. The Morgan fingerprint density at radius 3 is 2.42 bits per heavy atom. The fourth-order valence-electron chi connectivity index (χ4n) is 1.22. The van der Waals surface area contributed by atoms with E-state index in [9.17, 15) is 18.5 Å². The standard InChI is InChI=1S/C8H9ClN2O6S.Na/c9-5-3-6(10-1-2-12)7(11(13)14)4-8(5)18(15,16)17;/h3-4,10,12H,1-2H2,(H,15,16,17);. The van der Waals surface area contributed by atoms with Gasteiger partial charge < -0.3 is 10.4 Å². The molecule has 3 N–H and O–H groups in total.